The number of nitrogen functional groups attached to an aromatic ring is 1. The summed E-state index contributed by atoms with van der Waals surface area (Å²) in [6.07, 6.45) is 4.49. The summed E-state index contributed by atoms with van der Waals surface area (Å²) in [5.41, 5.74) is 12.6. The van der Waals surface area contributed by atoms with Gasteiger partial charge in [-0.2, -0.15) is 0 Å². The molecule has 0 fully saturated rings. The number of ketones is 1. The topological polar surface area (TPSA) is 112 Å². The maximum atomic E-state index is 13.6. The summed E-state index contributed by atoms with van der Waals surface area (Å²) in [6.45, 7) is 0. The number of Topliss-reactive ketones (excluding diaryl/α,β-unsaturated/α-hetero) is 1. The molecule has 2 aromatic heterocycles. The van der Waals surface area contributed by atoms with Gasteiger partial charge in [-0.1, -0.05) is 30.3 Å². The van der Waals surface area contributed by atoms with E-state index in [0.29, 0.717) is 46.0 Å². The van der Waals surface area contributed by atoms with Gasteiger partial charge in [-0.05, 0) is 24.0 Å². The number of aromatic nitrogens is 1. The standard InChI is InChI=1S/C19H17N3O3S/c20-17(24)14-13-6-7-19(8-12-9-22-10-25-12,11-4-2-1-3-5-11)16(23)15(13)26-18(14)21/h1-5,9-10H,6-8,21H2,(H2,20,24). The highest BCUT2D eigenvalue weighted by Crippen LogP contribution is 2.46. The summed E-state index contributed by atoms with van der Waals surface area (Å²) in [6, 6.07) is 9.64. The Morgan fingerprint density at radius 1 is 1.31 bits per heavy atom. The molecule has 0 saturated heterocycles. The van der Waals surface area contributed by atoms with Gasteiger partial charge in [-0.3, -0.25) is 9.59 Å². The number of primary amides is 1. The number of nitrogens with two attached hydrogens (primary N) is 2. The molecular weight excluding hydrogens is 350 g/mol. The van der Waals surface area contributed by atoms with Crippen LogP contribution in [0.1, 0.15) is 43.3 Å². The molecule has 0 bridgehead atoms. The van der Waals surface area contributed by atoms with E-state index in [9.17, 15) is 9.59 Å². The Kier molecular flexibility index (Phi) is 3.88. The summed E-state index contributed by atoms with van der Waals surface area (Å²) in [4.78, 5) is 29.8. The number of benzene rings is 1. The SMILES string of the molecule is NC(=O)c1c(N)sc2c1CCC(Cc1cnco1)(c1ccccc1)C2=O. The number of oxazole rings is 1. The van der Waals surface area contributed by atoms with Gasteiger partial charge in [0.25, 0.3) is 5.91 Å². The molecule has 1 aliphatic carbocycles. The number of rotatable bonds is 4. The zero-order chi connectivity index (χ0) is 18.3. The fraction of sp³-hybridized carbons (Fsp3) is 0.211. The minimum atomic E-state index is -0.778. The van der Waals surface area contributed by atoms with Crippen LogP contribution in [0.15, 0.2) is 47.3 Å². The highest BCUT2D eigenvalue weighted by molar-refractivity contribution is 7.18. The number of hydrogen-bond donors (Lipinski definition) is 2. The van der Waals surface area contributed by atoms with Gasteiger partial charge in [-0.15, -0.1) is 11.3 Å². The van der Waals surface area contributed by atoms with Gasteiger partial charge in [0, 0.05) is 6.42 Å². The van der Waals surface area contributed by atoms with Gasteiger partial charge in [0.2, 0.25) is 0 Å². The molecule has 6 nitrogen and oxygen atoms in total. The molecule has 4 N–H and O–H groups in total. The number of hydrogen-bond acceptors (Lipinski definition) is 6. The van der Waals surface area contributed by atoms with Crippen molar-refractivity contribution in [3.63, 3.8) is 0 Å². The molecule has 3 aromatic rings. The molecule has 26 heavy (non-hydrogen) atoms. The Labute approximate surface area is 153 Å². The third-order valence-electron chi connectivity index (χ3n) is 5.01. The quantitative estimate of drug-likeness (QED) is 0.736. The first-order valence-corrected chi connectivity index (χ1v) is 9.03. The Morgan fingerprint density at radius 3 is 2.73 bits per heavy atom. The van der Waals surface area contributed by atoms with E-state index in [-0.39, 0.29) is 5.78 Å². The van der Waals surface area contributed by atoms with Gasteiger partial charge in [0.05, 0.1) is 27.1 Å². The van der Waals surface area contributed by atoms with E-state index < -0.39 is 11.3 Å². The molecule has 0 radical (unpaired) electrons. The van der Waals surface area contributed by atoms with Crippen LogP contribution in [-0.2, 0) is 18.3 Å². The lowest BCUT2D eigenvalue weighted by atomic mass is 9.66. The predicted molar refractivity (Wildman–Crippen MR) is 98.2 cm³/mol. The fourth-order valence-corrected chi connectivity index (χ4v) is 4.94. The van der Waals surface area contributed by atoms with E-state index in [1.165, 1.54) is 6.39 Å². The molecule has 0 spiro atoms. The zero-order valence-corrected chi connectivity index (χ0v) is 14.7. The van der Waals surface area contributed by atoms with Crippen LogP contribution in [0.4, 0.5) is 5.00 Å². The molecule has 7 heteroatoms. The van der Waals surface area contributed by atoms with E-state index in [1.807, 2.05) is 30.3 Å². The van der Waals surface area contributed by atoms with Crippen molar-refractivity contribution >= 4 is 28.0 Å². The molecular formula is C19H17N3O3S. The third kappa shape index (κ3) is 2.43. The van der Waals surface area contributed by atoms with Crippen molar-refractivity contribution in [3.8, 4) is 0 Å². The second-order valence-corrected chi connectivity index (χ2v) is 7.49. The van der Waals surface area contributed by atoms with Gasteiger partial charge in [-0.25, -0.2) is 4.98 Å². The van der Waals surface area contributed by atoms with Crippen LogP contribution in [-0.4, -0.2) is 16.7 Å². The number of fused-ring (bicyclic) bond motifs is 1. The minimum Gasteiger partial charge on any atom is -0.448 e. The minimum absolute atomic E-state index is 0.0504. The summed E-state index contributed by atoms with van der Waals surface area (Å²) < 4.78 is 5.43. The molecule has 1 aromatic carbocycles. The maximum absolute atomic E-state index is 13.6. The number of anilines is 1. The van der Waals surface area contributed by atoms with Crippen molar-refractivity contribution in [2.45, 2.75) is 24.7 Å². The van der Waals surface area contributed by atoms with Crippen LogP contribution in [0.2, 0.25) is 0 Å². The maximum Gasteiger partial charge on any atom is 0.251 e. The Hall–Kier alpha value is -2.93. The van der Waals surface area contributed by atoms with Crippen LogP contribution < -0.4 is 11.5 Å². The summed E-state index contributed by atoms with van der Waals surface area (Å²) in [5.74, 6) is 0.00565. The van der Waals surface area contributed by atoms with Gasteiger partial charge >= 0.3 is 0 Å². The second kappa shape index (κ2) is 6.10. The zero-order valence-electron chi connectivity index (χ0n) is 13.9. The van der Waals surface area contributed by atoms with E-state index in [0.717, 1.165) is 16.9 Å². The highest BCUT2D eigenvalue weighted by Gasteiger charge is 2.47. The van der Waals surface area contributed by atoms with Crippen molar-refractivity contribution in [1.82, 2.24) is 4.98 Å². The number of carbonyl (C=O) groups excluding carboxylic acids is 2. The molecule has 0 aliphatic heterocycles. The Bertz CT molecular complexity index is 979. The highest BCUT2D eigenvalue weighted by atomic mass is 32.1. The molecule has 4 rings (SSSR count). The first-order chi connectivity index (χ1) is 12.5. The number of amides is 1. The molecule has 1 unspecified atom stereocenters. The van der Waals surface area contributed by atoms with E-state index in [1.54, 1.807) is 6.20 Å². The van der Waals surface area contributed by atoms with Crippen molar-refractivity contribution in [2.75, 3.05) is 5.73 Å². The van der Waals surface area contributed by atoms with E-state index in [2.05, 4.69) is 4.98 Å². The Balaban J connectivity index is 1.87. The second-order valence-electron chi connectivity index (χ2n) is 6.44. The van der Waals surface area contributed by atoms with Crippen LogP contribution in [0.5, 0.6) is 0 Å². The largest absolute Gasteiger partial charge is 0.448 e. The third-order valence-corrected chi connectivity index (χ3v) is 6.07. The fourth-order valence-electron chi connectivity index (χ4n) is 3.78. The first-order valence-electron chi connectivity index (χ1n) is 8.21. The lowest BCUT2D eigenvalue weighted by molar-refractivity contribution is 0.0857. The van der Waals surface area contributed by atoms with Crippen LogP contribution in [0, 0.1) is 0 Å². The lowest BCUT2D eigenvalue weighted by Crippen LogP contribution is -2.41. The summed E-state index contributed by atoms with van der Waals surface area (Å²) in [7, 11) is 0. The summed E-state index contributed by atoms with van der Waals surface area (Å²) >= 11 is 1.14. The predicted octanol–water partition coefficient (Wildman–Crippen LogP) is 2.73. The normalized spacial score (nSPS) is 19.3. The van der Waals surface area contributed by atoms with Gasteiger partial charge in [0.15, 0.2) is 12.2 Å². The van der Waals surface area contributed by atoms with E-state index >= 15 is 0 Å². The van der Waals surface area contributed by atoms with Gasteiger partial charge < -0.3 is 15.9 Å². The average Bonchev–Trinajstić information content (AvgIpc) is 3.25. The van der Waals surface area contributed by atoms with Crippen LogP contribution in [0.25, 0.3) is 0 Å². The molecule has 132 valence electrons. The molecule has 1 atom stereocenters. The van der Waals surface area contributed by atoms with Gasteiger partial charge in [0.1, 0.15) is 5.76 Å². The van der Waals surface area contributed by atoms with Crippen molar-refractivity contribution in [3.05, 3.63) is 70.3 Å². The van der Waals surface area contributed by atoms with E-state index in [4.69, 9.17) is 15.9 Å². The molecule has 1 amide bonds. The molecule has 2 heterocycles. The van der Waals surface area contributed by atoms with Crippen molar-refractivity contribution in [2.24, 2.45) is 5.73 Å². The van der Waals surface area contributed by atoms with Crippen LogP contribution in [0.3, 0.4) is 0 Å². The van der Waals surface area contributed by atoms with Crippen molar-refractivity contribution < 1.29 is 14.0 Å². The molecule has 1 aliphatic rings. The smallest absolute Gasteiger partial charge is 0.251 e. The molecule has 0 saturated carbocycles. The number of thiophene rings is 1. The average molecular weight is 367 g/mol. The van der Waals surface area contributed by atoms with Crippen molar-refractivity contribution in [1.29, 1.82) is 0 Å². The monoisotopic (exact) mass is 367 g/mol. The number of nitrogens with zero attached hydrogens (tertiary/aromatic N) is 1. The van der Waals surface area contributed by atoms with Crippen LogP contribution >= 0.6 is 11.3 Å². The summed E-state index contributed by atoms with van der Waals surface area (Å²) in [5, 5.41) is 0.305. The Morgan fingerprint density at radius 2 is 2.08 bits per heavy atom. The number of carbonyl (C=O) groups is 2. The first kappa shape index (κ1) is 16.5. The lowest BCUT2D eigenvalue weighted by Gasteiger charge is -2.35.